The van der Waals surface area contributed by atoms with Gasteiger partial charge < -0.3 is 14.8 Å². The average Bonchev–Trinajstić information content (AvgIpc) is 2.89. The molecular formula is C17H19NO4. The Morgan fingerprint density at radius 1 is 1.27 bits per heavy atom. The Hall–Kier alpha value is -2.56. The van der Waals surface area contributed by atoms with E-state index in [1.807, 2.05) is 31.2 Å². The molecule has 1 atom stereocenters. The third-order valence-corrected chi connectivity index (χ3v) is 3.49. The van der Waals surface area contributed by atoms with Crippen LogP contribution in [-0.2, 0) is 11.2 Å². The molecule has 0 aliphatic heterocycles. The van der Waals surface area contributed by atoms with E-state index in [2.05, 4.69) is 5.32 Å². The highest BCUT2D eigenvalue weighted by Gasteiger charge is 2.21. The van der Waals surface area contributed by atoms with Crippen molar-refractivity contribution in [2.75, 3.05) is 6.54 Å². The minimum absolute atomic E-state index is 0.0578. The van der Waals surface area contributed by atoms with Crippen molar-refractivity contribution in [3.63, 3.8) is 0 Å². The van der Waals surface area contributed by atoms with E-state index in [0.29, 0.717) is 6.42 Å². The van der Waals surface area contributed by atoms with Crippen LogP contribution in [0.3, 0.4) is 0 Å². The van der Waals surface area contributed by atoms with Crippen molar-refractivity contribution in [3.05, 3.63) is 59.0 Å². The smallest absolute Gasteiger partial charge is 0.308 e. The summed E-state index contributed by atoms with van der Waals surface area (Å²) in [6.07, 6.45) is 1.81. The van der Waals surface area contributed by atoms with Gasteiger partial charge in [-0.1, -0.05) is 29.8 Å². The normalized spacial score (nSPS) is 11.9. The molecule has 0 saturated heterocycles. The molecule has 2 N–H and O–H groups in total. The van der Waals surface area contributed by atoms with Gasteiger partial charge in [-0.3, -0.25) is 9.59 Å². The lowest BCUT2D eigenvalue weighted by atomic mass is 9.98. The van der Waals surface area contributed by atoms with Crippen LogP contribution in [0.2, 0.25) is 0 Å². The number of hydrogen-bond donors (Lipinski definition) is 2. The number of carboxylic acid groups (broad SMARTS) is 1. The fourth-order valence-corrected chi connectivity index (χ4v) is 2.27. The first-order chi connectivity index (χ1) is 10.5. The van der Waals surface area contributed by atoms with E-state index in [-0.39, 0.29) is 12.3 Å². The van der Waals surface area contributed by atoms with Crippen molar-refractivity contribution in [2.45, 2.75) is 20.3 Å². The fourth-order valence-electron chi connectivity index (χ4n) is 2.27. The van der Waals surface area contributed by atoms with Gasteiger partial charge >= 0.3 is 5.97 Å². The fraction of sp³-hybridized carbons (Fsp3) is 0.294. The van der Waals surface area contributed by atoms with Gasteiger partial charge in [-0.2, -0.15) is 0 Å². The van der Waals surface area contributed by atoms with Crippen molar-refractivity contribution in [1.29, 1.82) is 0 Å². The van der Waals surface area contributed by atoms with Crippen molar-refractivity contribution in [2.24, 2.45) is 5.92 Å². The largest absolute Gasteiger partial charge is 0.481 e. The predicted molar refractivity (Wildman–Crippen MR) is 81.8 cm³/mol. The number of benzene rings is 1. The summed E-state index contributed by atoms with van der Waals surface area (Å²) in [4.78, 5) is 23.3. The third kappa shape index (κ3) is 3.97. The Balaban J connectivity index is 1.99. The second-order valence-corrected chi connectivity index (χ2v) is 5.37. The summed E-state index contributed by atoms with van der Waals surface area (Å²) < 4.78 is 5.09. The molecule has 5 nitrogen and oxygen atoms in total. The van der Waals surface area contributed by atoms with Crippen LogP contribution in [0, 0.1) is 19.8 Å². The maximum atomic E-state index is 12.0. The minimum Gasteiger partial charge on any atom is -0.481 e. The molecule has 2 rings (SSSR count). The van der Waals surface area contributed by atoms with E-state index in [9.17, 15) is 14.7 Å². The number of carboxylic acids is 1. The summed E-state index contributed by atoms with van der Waals surface area (Å²) >= 11 is 0. The van der Waals surface area contributed by atoms with E-state index < -0.39 is 17.8 Å². The van der Waals surface area contributed by atoms with E-state index in [4.69, 9.17) is 4.42 Å². The summed E-state index contributed by atoms with van der Waals surface area (Å²) in [5, 5.41) is 12.0. The molecule has 0 aliphatic carbocycles. The highest BCUT2D eigenvalue weighted by molar-refractivity contribution is 5.93. The van der Waals surface area contributed by atoms with Crippen molar-refractivity contribution < 1.29 is 19.1 Å². The molecule has 5 heteroatoms. The van der Waals surface area contributed by atoms with Crippen LogP contribution in [0.5, 0.6) is 0 Å². The second-order valence-electron chi connectivity index (χ2n) is 5.37. The number of nitrogens with one attached hydrogen (secondary N) is 1. The third-order valence-electron chi connectivity index (χ3n) is 3.49. The number of aryl methyl sites for hydroxylation is 2. The predicted octanol–water partition coefficient (Wildman–Crippen LogP) is 2.57. The zero-order valence-corrected chi connectivity index (χ0v) is 12.6. The lowest BCUT2D eigenvalue weighted by Crippen LogP contribution is -2.34. The Morgan fingerprint density at radius 3 is 2.64 bits per heavy atom. The number of furan rings is 1. The molecule has 0 bridgehead atoms. The molecule has 0 unspecified atom stereocenters. The van der Waals surface area contributed by atoms with Crippen LogP contribution in [-0.4, -0.2) is 23.5 Å². The molecule has 0 aliphatic rings. The van der Waals surface area contributed by atoms with Crippen LogP contribution >= 0.6 is 0 Å². The SMILES string of the molecule is Cc1cccc(C[C@@H](CNC(=O)c2occc2C)C(=O)O)c1. The minimum atomic E-state index is -0.932. The lowest BCUT2D eigenvalue weighted by Gasteiger charge is -2.13. The van der Waals surface area contributed by atoms with Crippen LogP contribution < -0.4 is 5.32 Å². The number of carbonyl (C=O) groups excluding carboxylic acids is 1. The Labute approximate surface area is 129 Å². The number of hydrogen-bond acceptors (Lipinski definition) is 3. The number of amides is 1. The molecular weight excluding hydrogens is 282 g/mol. The van der Waals surface area contributed by atoms with E-state index >= 15 is 0 Å². The highest BCUT2D eigenvalue weighted by atomic mass is 16.4. The molecule has 2 aromatic rings. The van der Waals surface area contributed by atoms with E-state index in [1.165, 1.54) is 6.26 Å². The number of aliphatic carboxylic acids is 1. The standard InChI is InChI=1S/C17H19NO4/c1-11-4-3-5-13(8-11)9-14(17(20)21)10-18-16(19)15-12(2)6-7-22-15/h3-8,14H,9-10H2,1-2H3,(H,18,19)(H,20,21)/t14-/m0/s1. The van der Waals surface area contributed by atoms with Gasteiger partial charge in [0.05, 0.1) is 12.2 Å². The van der Waals surface area contributed by atoms with E-state index in [1.54, 1.807) is 13.0 Å². The molecule has 22 heavy (non-hydrogen) atoms. The Bertz CT molecular complexity index is 675. The van der Waals surface area contributed by atoms with Crippen LogP contribution in [0.4, 0.5) is 0 Å². The molecule has 1 aromatic carbocycles. The first kappa shape index (κ1) is 15.8. The average molecular weight is 301 g/mol. The van der Waals surface area contributed by atoms with Gasteiger partial charge in [0.1, 0.15) is 0 Å². The van der Waals surface area contributed by atoms with Gasteiger partial charge in [-0.25, -0.2) is 0 Å². The van der Waals surface area contributed by atoms with E-state index in [0.717, 1.165) is 16.7 Å². The zero-order chi connectivity index (χ0) is 16.1. The van der Waals surface area contributed by atoms with Crippen LogP contribution in [0.15, 0.2) is 41.0 Å². The van der Waals surface area contributed by atoms with Gasteiger partial charge in [0.25, 0.3) is 5.91 Å². The molecule has 116 valence electrons. The van der Waals surface area contributed by atoms with Gasteiger partial charge in [0.2, 0.25) is 0 Å². The van der Waals surface area contributed by atoms with Crippen LogP contribution in [0.1, 0.15) is 27.2 Å². The Morgan fingerprint density at radius 2 is 2.05 bits per heavy atom. The molecule has 0 spiro atoms. The van der Waals surface area contributed by atoms with Gasteiger partial charge in [0.15, 0.2) is 5.76 Å². The van der Waals surface area contributed by atoms with Crippen molar-refractivity contribution in [3.8, 4) is 0 Å². The number of rotatable bonds is 6. The summed E-state index contributed by atoms with van der Waals surface area (Å²) in [6, 6.07) is 9.39. The van der Waals surface area contributed by atoms with Crippen molar-refractivity contribution >= 4 is 11.9 Å². The summed E-state index contributed by atoms with van der Waals surface area (Å²) in [5.74, 6) is -1.78. The highest BCUT2D eigenvalue weighted by Crippen LogP contribution is 2.12. The lowest BCUT2D eigenvalue weighted by molar-refractivity contribution is -0.141. The van der Waals surface area contributed by atoms with Gasteiger partial charge in [-0.15, -0.1) is 0 Å². The summed E-state index contributed by atoms with van der Waals surface area (Å²) in [6.45, 7) is 3.78. The topological polar surface area (TPSA) is 79.5 Å². The number of carbonyl (C=O) groups is 2. The maximum Gasteiger partial charge on any atom is 0.308 e. The quantitative estimate of drug-likeness (QED) is 0.859. The maximum absolute atomic E-state index is 12.0. The molecule has 1 amide bonds. The van der Waals surface area contributed by atoms with Gasteiger partial charge in [-0.05, 0) is 31.9 Å². The summed E-state index contributed by atoms with van der Waals surface area (Å²) in [7, 11) is 0. The van der Waals surface area contributed by atoms with Gasteiger partial charge in [0, 0.05) is 12.1 Å². The first-order valence-corrected chi connectivity index (χ1v) is 7.08. The second kappa shape index (κ2) is 6.93. The molecule has 1 heterocycles. The first-order valence-electron chi connectivity index (χ1n) is 7.08. The summed E-state index contributed by atoms with van der Waals surface area (Å²) in [5.41, 5.74) is 2.75. The zero-order valence-electron chi connectivity index (χ0n) is 12.6. The molecule has 0 fully saturated rings. The Kier molecular flexibility index (Phi) is 4.99. The molecule has 0 saturated carbocycles. The molecule has 1 aromatic heterocycles. The monoisotopic (exact) mass is 301 g/mol. The molecule has 0 radical (unpaired) electrons. The van der Waals surface area contributed by atoms with Crippen LogP contribution in [0.25, 0.3) is 0 Å². The van der Waals surface area contributed by atoms with Crippen molar-refractivity contribution in [1.82, 2.24) is 5.32 Å².